The second-order valence-electron chi connectivity index (χ2n) is 8.55. The van der Waals surface area contributed by atoms with Crippen molar-refractivity contribution in [1.82, 2.24) is 5.32 Å². The smallest absolute Gasteiger partial charge is 0.220 e. The third-order valence-corrected chi connectivity index (χ3v) is 6.04. The number of nitrogens with zero attached hydrogens (tertiary/aromatic N) is 1. The largest absolute Gasteiger partial charge is 0.486 e. The molecular weight excluding hydrogens is 376 g/mol. The second-order valence-corrected chi connectivity index (χ2v) is 8.55. The molecule has 1 fully saturated rings. The third-order valence-electron chi connectivity index (χ3n) is 6.04. The van der Waals surface area contributed by atoms with Crippen LogP contribution in [-0.2, 0) is 11.2 Å². The van der Waals surface area contributed by atoms with Crippen molar-refractivity contribution in [3.05, 3.63) is 53.6 Å². The average molecular weight is 409 g/mol. The summed E-state index contributed by atoms with van der Waals surface area (Å²) in [4.78, 5) is 14.9. The summed E-state index contributed by atoms with van der Waals surface area (Å²) >= 11 is 0. The molecule has 1 amide bonds. The molecule has 0 radical (unpaired) electrons. The summed E-state index contributed by atoms with van der Waals surface area (Å²) in [5.41, 5.74) is 3.50. The Labute approximate surface area is 179 Å². The van der Waals surface area contributed by atoms with Crippen molar-refractivity contribution in [3.63, 3.8) is 0 Å². The minimum absolute atomic E-state index is 0.00732. The number of hydrogen-bond donors (Lipinski definition) is 1. The molecule has 2 aromatic carbocycles. The van der Waals surface area contributed by atoms with E-state index in [9.17, 15) is 4.79 Å². The number of nitrogens with one attached hydrogen (secondary N) is 1. The minimum Gasteiger partial charge on any atom is -0.486 e. The van der Waals surface area contributed by atoms with Gasteiger partial charge >= 0.3 is 0 Å². The van der Waals surface area contributed by atoms with Gasteiger partial charge < -0.3 is 19.7 Å². The van der Waals surface area contributed by atoms with Gasteiger partial charge in [-0.05, 0) is 67.5 Å². The number of rotatable bonds is 6. The molecule has 5 heteroatoms. The monoisotopic (exact) mass is 408 g/mol. The fourth-order valence-corrected chi connectivity index (χ4v) is 4.30. The van der Waals surface area contributed by atoms with Gasteiger partial charge in [0, 0.05) is 25.2 Å². The number of anilines is 1. The van der Waals surface area contributed by atoms with Crippen LogP contribution in [0.4, 0.5) is 5.69 Å². The van der Waals surface area contributed by atoms with Gasteiger partial charge in [0.2, 0.25) is 5.91 Å². The predicted octanol–water partition coefficient (Wildman–Crippen LogP) is 4.50. The molecule has 2 atom stereocenters. The van der Waals surface area contributed by atoms with Gasteiger partial charge in [0.05, 0.1) is 6.04 Å². The van der Waals surface area contributed by atoms with Crippen molar-refractivity contribution in [2.75, 3.05) is 31.2 Å². The number of carbonyl (C=O) groups excluding carboxylic acids is 1. The van der Waals surface area contributed by atoms with Crippen LogP contribution in [-0.4, -0.2) is 32.2 Å². The Morgan fingerprint density at radius 2 is 1.90 bits per heavy atom. The first-order chi connectivity index (χ1) is 14.6. The molecule has 2 heterocycles. The summed E-state index contributed by atoms with van der Waals surface area (Å²) in [7, 11) is 0. The lowest BCUT2D eigenvalue weighted by Gasteiger charge is -2.33. The molecule has 0 saturated carbocycles. The topological polar surface area (TPSA) is 50.8 Å². The van der Waals surface area contributed by atoms with E-state index < -0.39 is 0 Å². The van der Waals surface area contributed by atoms with Crippen molar-refractivity contribution < 1.29 is 14.3 Å². The van der Waals surface area contributed by atoms with Crippen LogP contribution >= 0.6 is 0 Å². The molecule has 5 nitrogen and oxygen atoms in total. The molecule has 4 rings (SSSR count). The number of hydrogen-bond acceptors (Lipinski definition) is 4. The van der Waals surface area contributed by atoms with Gasteiger partial charge in [0.1, 0.15) is 13.2 Å². The van der Waals surface area contributed by atoms with Gasteiger partial charge in [0.15, 0.2) is 11.5 Å². The predicted molar refractivity (Wildman–Crippen MR) is 119 cm³/mol. The van der Waals surface area contributed by atoms with Crippen LogP contribution in [0.2, 0.25) is 0 Å². The van der Waals surface area contributed by atoms with E-state index in [1.54, 1.807) is 0 Å². The Kier molecular flexibility index (Phi) is 6.46. The van der Waals surface area contributed by atoms with Gasteiger partial charge in [-0.15, -0.1) is 0 Å². The van der Waals surface area contributed by atoms with E-state index in [4.69, 9.17) is 9.47 Å². The Bertz CT molecular complexity index is 865. The minimum atomic E-state index is -0.00732. The lowest BCUT2D eigenvalue weighted by atomic mass is 9.99. The summed E-state index contributed by atoms with van der Waals surface area (Å²) in [6.45, 7) is 7.79. The van der Waals surface area contributed by atoms with Crippen LogP contribution in [0.15, 0.2) is 42.5 Å². The van der Waals surface area contributed by atoms with Crippen LogP contribution in [0.25, 0.3) is 0 Å². The molecular formula is C25H32N2O3. The number of piperidine rings is 1. The van der Waals surface area contributed by atoms with E-state index in [2.05, 4.69) is 41.4 Å². The van der Waals surface area contributed by atoms with Crippen LogP contribution in [0, 0.1) is 5.92 Å². The van der Waals surface area contributed by atoms with Crippen molar-refractivity contribution in [2.45, 2.75) is 45.6 Å². The van der Waals surface area contributed by atoms with E-state index in [1.807, 2.05) is 25.1 Å². The van der Waals surface area contributed by atoms with Crippen molar-refractivity contribution in [3.8, 4) is 11.5 Å². The highest BCUT2D eigenvalue weighted by atomic mass is 16.6. The molecule has 0 bridgehead atoms. The molecule has 0 aliphatic carbocycles. The lowest BCUT2D eigenvalue weighted by Crippen LogP contribution is -2.34. The van der Waals surface area contributed by atoms with E-state index in [0.29, 0.717) is 26.1 Å². The van der Waals surface area contributed by atoms with Gasteiger partial charge in [-0.1, -0.05) is 25.1 Å². The van der Waals surface area contributed by atoms with Crippen molar-refractivity contribution in [1.29, 1.82) is 0 Å². The number of fused-ring (bicyclic) bond motifs is 1. The van der Waals surface area contributed by atoms with Crippen molar-refractivity contribution in [2.24, 2.45) is 5.92 Å². The fourth-order valence-electron chi connectivity index (χ4n) is 4.30. The molecule has 2 aromatic rings. The molecule has 1 saturated heterocycles. The number of aryl methyl sites for hydroxylation is 1. The molecule has 2 aliphatic rings. The molecule has 0 unspecified atom stereocenters. The highest BCUT2D eigenvalue weighted by molar-refractivity contribution is 5.76. The van der Waals surface area contributed by atoms with Gasteiger partial charge in [-0.3, -0.25) is 4.79 Å². The Morgan fingerprint density at radius 1 is 1.13 bits per heavy atom. The summed E-state index contributed by atoms with van der Waals surface area (Å²) in [5.74, 6) is 2.37. The molecule has 160 valence electrons. The number of carbonyl (C=O) groups is 1. The standard InChI is InChI=1S/C25H32N2O3/c1-18-4-3-13-27(17-18)22-9-7-21(8-10-22)19(2)26-25(28)12-6-20-5-11-23-24(16-20)30-15-14-29-23/h5,7-11,16,18-19H,3-4,6,12-15,17H2,1-2H3,(H,26,28)/t18-,19-/m1/s1. The SMILES string of the molecule is C[C@@H]1CCCN(c2ccc([C@@H](C)NC(=O)CCc3ccc4c(c3)OCCO4)cc2)C1. The zero-order valence-corrected chi connectivity index (χ0v) is 18.0. The molecule has 0 spiro atoms. The first-order valence-corrected chi connectivity index (χ1v) is 11.1. The first kappa shape index (κ1) is 20.6. The van der Waals surface area contributed by atoms with Crippen LogP contribution in [0.5, 0.6) is 11.5 Å². The summed E-state index contributed by atoms with van der Waals surface area (Å²) < 4.78 is 11.2. The van der Waals surface area contributed by atoms with E-state index in [0.717, 1.165) is 41.6 Å². The Hall–Kier alpha value is -2.69. The highest BCUT2D eigenvalue weighted by Crippen LogP contribution is 2.31. The average Bonchev–Trinajstić information content (AvgIpc) is 2.77. The van der Waals surface area contributed by atoms with E-state index in [-0.39, 0.29) is 11.9 Å². The van der Waals surface area contributed by atoms with E-state index >= 15 is 0 Å². The maximum Gasteiger partial charge on any atom is 0.220 e. The number of ether oxygens (including phenoxy) is 2. The second kappa shape index (κ2) is 9.41. The maximum atomic E-state index is 12.5. The zero-order valence-electron chi connectivity index (χ0n) is 18.0. The maximum absolute atomic E-state index is 12.5. The van der Waals surface area contributed by atoms with Crippen LogP contribution in [0.1, 0.15) is 50.3 Å². The molecule has 1 N–H and O–H groups in total. The normalized spacial score (nSPS) is 19.3. The Balaban J connectivity index is 1.28. The zero-order chi connectivity index (χ0) is 20.9. The number of benzene rings is 2. The molecule has 30 heavy (non-hydrogen) atoms. The lowest BCUT2D eigenvalue weighted by molar-refractivity contribution is -0.121. The van der Waals surface area contributed by atoms with Crippen LogP contribution in [0.3, 0.4) is 0 Å². The molecule has 2 aliphatic heterocycles. The highest BCUT2D eigenvalue weighted by Gasteiger charge is 2.17. The third kappa shape index (κ3) is 5.07. The molecule has 0 aromatic heterocycles. The Morgan fingerprint density at radius 3 is 2.67 bits per heavy atom. The van der Waals surface area contributed by atoms with Gasteiger partial charge in [-0.25, -0.2) is 0 Å². The number of amides is 1. The quantitative estimate of drug-likeness (QED) is 0.764. The van der Waals surface area contributed by atoms with E-state index in [1.165, 1.54) is 18.5 Å². The van der Waals surface area contributed by atoms with Gasteiger partial charge in [-0.2, -0.15) is 0 Å². The first-order valence-electron chi connectivity index (χ1n) is 11.1. The van der Waals surface area contributed by atoms with Gasteiger partial charge in [0.25, 0.3) is 0 Å². The summed E-state index contributed by atoms with van der Waals surface area (Å²) in [6.07, 6.45) is 3.72. The van der Waals surface area contributed by atoms with Crippen molar-refractivity contribution >= 4 is 11.6 Å². The summed E-state index contributed by atoms with van der Waals surface area (Å²) in [5, 5.41) is 3.13. The summed E-state index contributed by atoms with van der Waals surface area (Å²) in [6, 6.07) is 14.6. The fraction of sp³-hybridized carbons (Fsp3) is 0.480. The van der Waals surface area contributed by atoms with Crippen LogP contribution < -0.4 is 19.7 Å².